The van der Waals surface area contributed by atoms with Gasteiger partial charge in [-0.25, -0.2) is 4.79 Å². The van der Waals surface area contributed by atoms with E-state index in [0.29, 0.717) is 13.2 Å². The van der Waals surface area contributed by atoms with Crippen LogP contribution in [0.25, 0.3) is 0 Å². The molecule has 2 aliphatic heterocycles. The molecule has 2 aliphatic rings. The van der Waals surface area contributed by atoms with Crippen LogP contribution in [0.15, 0.2) is 24.8 Å². The van der Waals surface area contributed by atoms with Crippen LogP contribution >= 0.6 is 0 Å². The Morgan fingerprint density at radius 1 is 1.55 bits per heavy atom. The second kappa shape index (κ2) is 6.99. The van der Waals surface area contributed by atoms with Gasteiger partial charge in [-0.15, -0.1) is 6.58 Å². The van der Waals surface area contributed by atoms with Crippen molar-refractivity contribution in [2.75, 3.05) is 39.5 Å². The normalized spacial score (nSPS) is 23.8. The maximum absolute atomic E-state index is 11.9. The summed E-state index contributed by atoms with van der Waals surface area (Å²) in [5, 5.41) is 10.2. The molecule has 0 aromatic heterocycles. The largest absolute Gasteiger partial charge is 0.459 e. The van der Waals surface area contributed by atoms with Gasteiger partial charge in [-0.1, -0.05) is 12.7 Å². The number of carbonyl (C=O) groups is 1. The number of aliphatic hydroxyl groups is 1. The minimum Gasteiger partial charge on any atom is -0.459 e. The van der Waals surface area contributed by atoms with E-state index >= 15 is 0 Å². The number of nitrogens with zero attached hydrogens (tertiary/aromatic N) is 1. The molecule has 0 aromatic rings. The number of hydrogen-bond acceptors (Lipinski definition) is 6. The number of esters is 1. The summed E-state index contributed by atoms with van der Waals surface area (Å²) in [6, 6.07) is 0. The van der Waals surface area contributed by atoms with Crippen molar-refractivity contribution in [1.29, 1.82) is 0 Å². The molecule has 2 fully saturated rings. The van der Waals surface area contributed by atoms with Crippen LogP contribution in [0.2, 0.25) is 0 Å². The van der Waals surface area contributed by atoms with Crippen molar-refractivity contribution in [3.8, 4) is 0 Å². The first-order valence-electron chi connectivity index (χ1n) is 6.72. The van der Waals surface area contributed by atoms with Gasteiger partial charge < -0.3 is 19.3 Å². The molecular weight excluding hydrogens is 262 g/mol. The van der Waals surface area contributed by atoms with Crippen molar-refractivity contribution < 1.29 is 24.1 Å². The monoisotopic (exact) mass is 283 g/mol. The molecule has 2 heterocycles. The molecule has 6 nitrogen and oxygen atoms in total. The van der Waals surface area contributed by atoms with Gasteiger partial charge in [0.2, 0.25) is 0 Å². The second-order valence-corrected chi connectivity index (χ2v) is 4.99. The highest BCUT2D eigenvalue weighted by atomic mass is 16.6. The van der Waals surface area contributed by atoms with E-state index in [4.69, 9.17) is 14.2 Å². The predicted octanol–water partition coefficient (Wildman–Crippen LogP) is -0.268. The van der Waals surface area contributed by atoms with Gasteiger partial charge in [0.15, 0.2) is 0 Å². The summed E-state index contributed by atoms with van der Waals surface area (Å²) in [5.41, 5.74) is 0.127. The molecule has 6 heteroatoms. The predicted molar refractivity (Wildman–Crippen MR) is 72.2 cm³/mol. The standard InChI is InChI=1S/C14H21NO5/c1-3-6-18-13(12(16)7-15-4-5-15)10(2)14(17)20-9-11-8-19-11/h3,11-13,16H,1-2,4-9H2. The minimum atomic E-state index is -0.810. The van der Waals surface area contributed by atoms with Gasteiger partial charge in [-0.05, 0) is 0 Å². The Labute approximate surface area is 118 Å². The number of hydrogen-bond donors (Lipinski definition) is 1. The topological polar surface area (TPSA) is 71.3 Å². The van der Waals surface area contributed by atoms with Crippen LogP contribution in [0, 0.1) is 0 Å². The molecule has 3 atom stereocenters. The molecule has 0 spiro atoms. The maximum atomic E-state index is 11.9. The third kappa shape index (κ3) is 4.72. The average molecular weight is 283 g/mol. The second-order valence-electron chi connectivity index (χ2n) is 4.99. The van der Waals surface area contributed by atoms with Crippen LogP contribution < -0.4 is 0 Å². The van der Waals surface area contributed by atoms with Crippen molar-refractivity contribution >= 4 is 5.97 Å². The number of rotatable bonds is 10. The van der Waals surface area contributed by atoms with Crippen LogP contribution in [-0.4, -0.2) is 73.7 Å². The van der Waals surface area contributed by atoms with Gasteiger partial charge in [-0.2, -0.15) is 0 Å². The first-order chi connectivity index (χ1) is 9.61. The number of epoxide rings is 1. The molecule has 0 radical (unpaired) electrons. The summed E-state index contributed by atoms with van der Waals surface area (Å²) in [5.74, 6) is -0.556. The highest BCUT2D eigenvalue weighted by molar-refractivity contribution is 5.89. The van der Waals surface area contributed by atoms with Gasteiger partial charge in [0.05, 0.1) is 24.9 Å². The van der Waals surface area contributed by atoms with Crippen molar-refractivity contribution in [3.05, 3.63) is 24.8 Å². The lowest BCUT2D eigenvalue weighted by molar-refractivity contribution is -0.142. The Balaban J connectivity index is 1.85. The summed E-state index contributed by atoms with van der Waals surface area (Å²) in [6.07, 6.45) is -0.0222. The number of aliphatic hydroxyl groups excluding tert-OH is 1. The van der Waals surface area contributed by atoms with Crippen molar-refractivity contribution in [2.45, 2.75) is 18.3 Å². The first kappa shape index (κ1) is 15.2. The van der Waals surface area contributed by atoms with E-state index < -0.39 is 18.2 Å². The van der Waals surface area contributed by atoms with E-state index in [-0.39, 0.29) is 24.9 Å². The highest BCUT2D eigenvalue weighted by Crippen LogP contribution is 2.17. The summed E-state index contributed by atoms with van der Waals surface area (Å²) in [7, 11) is 0. The van der Waals surface area contributed by atoms with Gasteiger partial charge in [-0.3, -0.25) is 4.90 Å². The summed E-state index contributed by atoms with van der Waals surface area (Å²) in [4.78, 5) is 13.9. The molecule has 0 bridgehead atoms. The van der Waals surface area contributed by atoms with Gasteiger partial charge >= 0.3 is 5.97 Å². The first-order valence-corrected chi connectivity index (χ1v) is 6.72. The minimum absolute atomic E-state index is 0.00166. The molecule has 20 heavy (non-hydrogen) atoms. The van der Waals surface area contributed by atoms with Gasteiger partial charge in [0.1, 0.15) is 18.8 Å². The van der Waals surface area contributed by atoms with Crippen molar-refractivity contribution in [2.24, 2.45) is 0 Å². The quantitative estimate of drug-likeness (QED) is 0.258. The molecule has 2 rings (SSSR count). The summed E-state index contributed by atoms with van der Waals surface area (Å²) >= 11 is 0. The molecule has 0 aliphatic carbocycles. The van der Waals surface area contributed by atoms with Crippen molar-refractivity contribution in [1.82, 2.24) is 4.90 Å². The number of carbonyl (C=O) groups excluding carboxylic acids is 1. The van der Waals surface area contributed by atoms with Crippen LogP contribution in [0.5, 0.6) is 0 Å². The van der Waals surface area contributed by atoms with Gasteiger partial charge in [0, 0.05) is 19.6 Å². The lowest BCUT2D eigenvalue weighted by atomic mass is 10.1. The zero-order valence-corrected chi connectivity index (χ0v) is 11.5. The van der Waals surface area contributed by atoms with E-state index in [1.165, 1.54) is 0 Å². The molecule has 0 amide bonds. The fourth-order valence-electron chi connectivity index (χ4n) is 1.77. The maximum Gasteiger partial charge on any atom is 0.336 e. The summed E-state index contributed by atoms with van der Waals surface area (Å²) < 4.78 is 15.5. The fourth-order valence-corrected chi connectivity index (χ4v) is 1.77. The summed E-state index contributed by atoms with van der Waals surface area (Å²) in [6.45, 7) is 10.7. The van der Waals surface area contributed by atoms with Gasteiger partial charge in [0.25, 0.3) is 0 Å². The van der Waals surface area contributed by atoms with E-state index in [1.54, 1.807) is 6.08 Å². The molecule has 0 aromatic carbocycles. The highest BCUT2D eigenvalue weighted by Gasteiger charge is 2.33. The molecule has 3 unspecified atom stereocenters. The molecule has 1 N–H and O–H groups in total. The Morgan fingerprint density at radius 2 is 2.25 bits per heavy atom. The van der Waals surface area contributed by atoms with E-state index in [1.807, 2.05) is 4.90 Å². The SMILES string of the molecule is C=CCOC(C(=C)C(=O)OCC1CO1)C(O)CN1CC1. The number of ether oxygens (including phenoxy) is 3. The Bertz CT molecular complexity index is 376. The third-order valence-corrected chi connectivity index (χ3v) is 3.14. The zero-order chi connectivity index (χ0) is 14.5. The lowest BCUT2D eigenvalue weighted by Gasteiger charge is -2.24. The van der Waals surface area contributed by atoms with Crippen LogP contribution in [-0.2, 0) is 19.0 Å². The Morgan fingerprint density at radius 3 is 2.80 bits per heavy atom. The van der Waals surface area contributed by atoms with Crippen molar-refractivity contribution in [3.63, 3.8) is 0 Å². The Hall–Kier alpha value is -1.21. The molecule has 0 saturated carbocycles. The molecular formula is C14H21NO5. The van der Waals surface area contributed by atoms with E-state index in [9.17, 15) is 9.90 Å². The fraction of sp³-hybridized carbons (Fsp3) is 0.643. The van der Waals surface area contributed by atoms with E-state index in [2.05, 4.69) is 13.2 Å². The molecule has 112 valence electrons. The zero-order valence-electron chi connectivity index (χ0n) is 11.5. The van der Waals surface area contributed by atoms with Crippen LogP contribution in [0.4, 0.5) is 0 Å². The average Bonchev–Trinajstić information content (AvgIpc) is 3.30. The molecule has 2 saturated heterocycles. The Kier molecular flexibility index (Phi) is 5.31. The smallest absolute Gasteiger partial charge is 0.336 e. The third-order valence-electron chi connectivity index (χ3n) is 3.14. The van der Waals surface area contributed by atoms with E-state index in [0.717, 1.165) is 13.1 Å². The van der Waals surface area contributed by atoms with Crippen LogP contribution in [0.3, 0.4) is 0 Å². The lowest BCUT2D eigenvalue weighted by Crippen LogP contribution is -2.38. The van der Waals surface area contributed by atoms with Crippen LogP contribution in [0.1, 0.15) is 0 Å². The number of β-amino-alcohol motifs (C(OH)–C–C–N with tert-alkyl or cyclic N) is 1.